The van der Waals surface area contributed by atoms with Crippen LogP contribution in [0.5, 0.6) is 0 Å². The van der Waals surface area contributed by atoms with E-state index in [-0.39, 0.29) is 11.4 Å². The lowest BCUT2D eigenvalue weighted by Crippen LogP contribution is -2.29. The van der Waals surface area contributed by atoms with Gasteiger partial charge in [-0.25, -0.2) is 0 Å². The second-order valence-electron chi connectivity index (χ2n) is 2.91. The van der Waals surface area contributed by atoms with Crippen LogP contribution in [0.2, 0.25) is 0 Å². The van der Waals surface area contributed by atoms with Crippen molar-refractivity contribution >= 4 is 11.5 Å². The number of hydrogen-bond acceptors (Lipinski definition) is 5. The summed E-state index contributed by atoms with van der Waals surface area (Å²) in [4.78, 5) is 21.3. The van der Waals surface area contributed by atoms with E-state index >= 15 is 0 Å². The first-order valence-corrected chi connectivity index (χ1v) is 3.91. The molecule has 0 aliphatic carbocycles. The molecule has 1 rings (SSSR count). The predicted octanol–water partition coefficient (Wildman–Crippen LogP) is -0.142. The fourth-order valence-corrected chi connectivity index (χ4v) is 1.06. The van der Waals surface area contributed by atoms with E-state index in [1.807, 2.05) is 0 Å². The van der Waals surface area contributed by atoms with E-state index in [0.29, 0.717) is 0 Å². The summed E-state index contributed by atoms with van der Waals surface area (Å²) in [6.07, 6.45) is 1.04. The van der Waals surface area contributed by atoms with E-state index in [1.54, 1.807) is 0 Å². The quantitative estimate of drug-likeness (QED) is 0.413. The summed E-state index contributed by atoms with van der Waals surface area (Å²) in [5.74, 6) is -0.489. The number of nitro groups is 1. The Bertz CT molecular complexity index is 382. The fraction of sp³-hybridized carbons (Fsp3) is 0.429. The van der Waals surface area contributed by atoms with Gasteiger partial charge in [-0.3, -0.25) is 19.6 Å². The Balaban J connectivity index is 3.24. The summed E-state index contributed by atoms with van der Waals surface area (Å²) in [6, 6.07) is -0.774. The summed E-state index contributed by atoms with van der Waals surface area (Å²) in [7, 11) is 1.46. The molecule has 0 amide bonds. The van der Waals surface area contributed by atoms with Gasteiger partial charge in [0.25, 0.3) is 0 Å². The number of carbonyl (C=O) groups excluding carboxylic acids is 1. The summed E-state index contributed by atoms with van der Waals surface area (Å²) >= 11 is 0. The fourth-order valence-electron chi connectivity index (χ4n) is 1.06. The molecule has 1 heterocycles. The van der Waals surface area contributed by atoms with Crippen molar-refractivity contribution in [1.29, 1.82) is 0 Å². The highest BCUT2D eigenvalue weighted by atomic mass is 16.6. The van der Waals surface area contributed by atoms with E-state index in [4.69, 9.17) is 5.73 Å². The van der Waals surface area contributed by atoms with Crippen LogP contribution in [0.25, 0.3) is 0 Å². The minimum Gasteiger partial charge on any atom is -0.321 e. The Morgan fingerprint density at radius 1 is 1.79 bits per heavy atom. The van der Waals surface area contributed by atoms with Crippen molar-refractivity contribution in [3.05, 3.63) is 22.0 Å². The van der Waals surface area contributed by atoms with E-state index in [1.165, 1.54) is 14.0 Å². The van der Waals surface area contributed by atoms with Gasteiger partial charge in [-0.2, -0.15) is 5.10 Å². The lowest BCUT2D eigenvalue weighted by molar-refractivity contribution is -0.385. The molecule has 0 aliphatic heterocycles. The first-order valence-electron chi connectivity index (χ1n) is 3.91. The van der Waals surface area contributed by atoms with Crippen LogP contribution in [0.15, 0.2) is 6.20 Å². The second-order valence-corrected chi connectivity index (χ2v) is 2.91. The minimum atomic E-state index is -0.774. The molecule has 0 saturated carbocycles. The van der Waals surface area contributed by atoms with Gasteiger partial charge in [0.1, 0.15) is 6.20 Å². The van der Waals surface area contributed by atoms with Crippen LogP contribution in [0.3, 0.4) is 0 Å². The second kappa shape index (κ2) is 3.54. The molecule has 1 unspecified atom stereocenters. The highest BCUT2D eigenvalue weighted by Gasteiger charge is 2.26. The lowest BCUT2D eigenvalue weighted by Gasteiger charge is -2.03. The summed E-state index contributed by atoms with van der Waals surface area (Å²) in [5, 5.41) is 14.2. The number of aryl methyl sites for hydroxylation is 1. The molecule has 7 nitrogen and oxygen atoms in total. The van der Waals surface area contributed by atoms with Crippen LogP contribution in [0.4, 0.5) is 5.69 Å². The number of nitrogens with zero attached hydrogens (tertiary/aromatic N) is 3. The van der Waals surface area contributed by atoms with Gasteiger partial charge in [0.2, 0.25) is 5.78 Å². The maximum Gasteiger partial charge on any atom is 0.318 e. The van der Waals surface area contributed by atoms with Gasteiger partial charge in [-0.05, 0) is 6.92 Å². The molecule has 0 aromatic carbocycles. The smallest absolute Gasteiger partial charge is 0.318 e. The minimum absolute atomic E-state index is 0.0648. The van der Waals surface area contributed by atoms with Crippen molar-refractivity contribution in [2.75, 3.05) is 0 Å². The zero-order valence-electron chi connectivity index (χ0n) is 7.80. The van der Waals surface area contributed by atoms with E-state index in [2.05, 4.69) is 5.10 Å². The maximum atomic E-state index is 11.5. The normalized spacial score (nSPS) is 12.5. The predicted molar refractivity (Wildman–Crippen MR) is 47.8 cm³/mol. The molecule has 76 valence electrons. The maximum absolute atomic E-state index is 11.5. The van der Waals surface area contributed by atoms with Gasteiger partial charge < -0.3 is 5.73 Å². The van der Waals surface area contributed by atoms with Gasteiger partial charge in [0, 0.05) is 7.05 Å². The van der Waals surface area contributed by atoms with Crippen LogP contribution >= 0.6 is 0 Å². The van der Waals surface area contributed by atoms with E-state index in [0.717, 1.165) is 10.9 Å². The van der Waals surface area contributed by atoms with Gasteiger partial charge in [0.05, 0.1) is 11.0 Å². The molecular formula is C7H10N4O3. The molecular weight excluding hydrogens is 188 g/mol. The molecule has 0 aliphatic rings. The molecule has 0 saturated heterocycles. The molecule has 0 fully saturated rings. The third kappa shape index (κ3) is 1.62. The number of nitrogens with two attached hydrogens (primary N) is 1. The Morgan fingerprint density at radius 3 is 2.79 bits per heavy atom. The molecule has 0 bridgehead atoms. The van der Waals surface area contributed by atoms with E-state index < -0.39 is 16.7 Å². The summed E-state index contributed by atoms with van der Waals surface area (Å²) in [5.41, 5.74) is 4.98. The first kappa shape index (κ1) is 10.3. The molecule has 7 heteroatoms. The number of rotatable bonds is 3. The summed E-state index contributed by atoms with van der Waals surface area (Å²) in [6.45, 7) is 1.47. The average Bonchev–Trinajstić information content (AvgIpc) is 2.45. The van der Waals surface area contributed by atoms with Crippen molar-refractivity contribution in [3.8, 4) is 0 Å². The number of carbonyl (C=O) groups is 1. The largest absolute Gasteiger partial charge is 0.321 e. The zero-order valence-corrected chi connectivity index (χ0v) is 7.80. The highest BCUT2D eigenvalue weighted by molar-refractivity contribution is 6.01. The van der Waals surface area contributed by atoms with Crippen LogP contribution in [-0.2, 0) is 7.05 Å². The molecule has 1 atom stereocenters. The van der Waals surface area contributed by atoms with Crippen LogP contribution in [-0.4, -0.2) is 26.5 Å². The topological polar surface area (TPSA) is 104 Å². The first-order chi connectivity index (χ1) is 6.45. The van der Waals surface area contributed by atoms with Gasteiger partial charge in [-0.15, -0.1) is 0 Å². The standard InChI is InChI=1S/C7H10N4O3/c1-4(8)7(12)6-5(11(13)14)3-9-10(6)2/h3-4H,8H2,1-2H3. The van der Waals surface area contributed by atoms with Crippen molar-refractivity contribution in [2.45, 2.75) is 13.0 Å². The molecule has 0 radical (unpaired) electrons. The third-order valence-electron chi connectivity index (χ3n) is 1.76. The molecule has 2 N–H and O–H groups in total. The van der Waals surface area contributed by atoms with Crippen LogP contribution in [0, 0.1) is 10.1 Å². The average molecular weight is 198 g/mol. The van der Waals surface area contributed by atoms with Crippen molar-refractivity contribution in [3.63, 3.8) is 0 Å². The monoisotopic (exact) mass is 198 g/mol. The molecule has 0 spiro atoms. The van der Waals surface area contributed by atoms with Gasteiger partial charge in [-0.1, -0.05) is 0 Å². The lowest BCUT2D eigenvalue weighted by atomic mass is 10.1. The molecule has 1 aromatic rings. The summed E-state index contributed by atoms with van der Waals surface area (Å²) < 4.78 is 1.16. The van der Waals surface area contributed by atoms with E-state index in [9.17, 15) is 14.9 Å². The highest BCUT2D eigenvalue weighted by Crippen LogP contribution is 2.17. The van der Waals surface area contributed by atoms with Crippen molar-refractivity contribution in [1.82, 2.24) is 9.78 Å². The number of aromatic nitrogens is 2. The van der Waals surface area contributed by atoms with Crippen LogP contribution in [0.1, 0.15) is 17.4 Å². The van der Waals surface area contributed by atoms with Crippen LogP contribution < -0.4 is 5.73 Å². The molecule has 1 aromatic heterocycles. The van der Waals surface area contributed by atoms with Crippen molar-refractivity contribution < 1.29 is 9.72 Å². The third-order valence-corrected chi connectivity index (χ3v) is 1.76. The number of ketones is 1. The SMILES string of the molecule is CC(N)C(=O)c1c([N+](=O)[O-])cnn1C. The van der Waals surface area contributed by atoms with Gasteiger partial charge in [0.15, 0.2) is 5.69 Å². The number of hydrogen-bond donors (Lipinski definition) is 1. The Kier molecular flexibility index (Phi) is 2.61. The Labute approximate surface area is 79.7 Å². The van der Waals surface area contributed by atoms with Crippen molar-refractivity contribution in [2.24, 2.45) is 12.8 Å². The Hall–Kier alpha value is -1.76. The molecule has 14 heavy (non-hydrogen) atoms. The number of Topliss-reactive ketones (excluding diaryl/α,β-unsaturated/α-hetero) is 1. The Morgan fingerprint density at radius 2 is 2.36 bits per heavy atom. The zero-order chi connectivity index (χ0) is 10.9. The van der Waals surface area contributed by atoms with Gasteiger partial charge >= 0.3 is 5.69 Å².